The summed E-state index contributed by atoms with van der Waals surface area (Å²) in [5, 5.41) is 17.7. The number of nitrogens with zero attached hydrogens (tertiary/aromatic N) is 2. The smallest absolute Gasteiger partial charge is 0.244 e. The minimum atomic E-state index is -4.63. The summed E-state index contributed by atoms with van der Waals surface area (Å²) < 4.78 is 80.6. The zero-order valence-electron chi connectivity index (χ0n) is 15.8. The number of aliphatic hydroxyl groups is 2. The van der Waals surface area contributed by atoms with Gasteiger partial charge in [0.15, 0.2) is 9.84 Å². The highest BCUT2D eigenvalue weighted by Crippen LogP contribution is 2.37. The lowest BCUT2D eigenvalue weighted by Gasteiger charge is -2.26. The number of benzene rings is 2. The fourth-order valence-electron chi connectivity index (χ4n) is 3.31. The molecule has 1 aliphatic rings. The topological polar surface area (TPSA) is 116 Å². The van der Waals surface area contributed by atoms with Crippen LogP contribution in [0.15, 0.2) is 40.1 Å². The number of halogens is 4. The monoisotopic (exact) mass is 526 g/mol. The van der Waals surface area contributed by atoms with E-state index in [-0.39, 0.29) is 0 Å². The van der Waals surface area contributed by atoms with Crippen LogP contribution in [0.3, 0.4) is 0 Å². The number of aliphatic hydroxyl groups excluding tert-OH is 1. The molecule has 1 fully saturated rings. The first-order valence-corrected chi connectivity index (χ1v) is 12.4. The van der Waals surface area contributed by atoms with Crippen molar-refractivity contribution < 1.29 is 35.8 Å². The molecule has 1 aliphatic heterocycles. The van der Waals surface area contributed by atoms with E-state index >= 15 is 0 Å². The van der Waals surface area contributed by atoms with E-state index in [1.165, 1.54) is 0 Å². The van der Waals surface area contributed by atoms with Gasteiger partial charge in [-0.3, -0.25) is 0 Å². The lowest BCUT2D eigenvalue weighted by Crippen LogP contribution is -2.49. The third-order valence-corrected chi connectivity index (χ3v) is 9.84. The molecule has 172 valence electrons. The molecule has 8 nitrogen and oxygen atoms in total. The van der Waals surface area contributed by atoms with E-state index in [0.717, 1.165) is 18.2 Å². The molecule has 0 saturated carbocycles. The highest BCUT2D eigenvalue weighted by atomic mass is 35.5. The van der Waals surface area contributed by atoms with Gasteiger partial charge in [-0.25, -0.2) is 30.5 Å². The molecule has 0 aliphatic carbocycles. The van der Waals surface area contributed by atoms with Gasteiger partial charge in [-0.15, -0.1) is 0 Å². The number of β-amino-alcohol motifs (C(OH)–C–C–N with tert-alkyl or cyclic N) is 1. The van der Waals surface area contributed by atoms with Crippen LogP contribution in [-0.4, -0.2) is 61.9 Å². The number of rotatable bonds is 5. The van der Waals surface area contributed by atoms with E-state index in [2.05, 4.69) is 4.85 Å². The van der Waals surface area contributed by atoms with Crippen LogP contribution in [0.1, 0.15) is 0 Å². The quantitative estimate of drug-likeness (QED) is 0.456. The average molecular weight is 527 g/mol. The molecule has 0 radical (unpaired) electrons. The van der Waals surface area contributed by atoms with Gasteiger partial charge in [0.05, 0.1) is 28.1 Å². The maximum absolute atomic E-state index is 14.0. The second kappa shape index (κ2) is 8.49. The maximum Gasteiger partial charge on any atom is 0.244 e. The van der Waals surface area contributed by atoms with Crippen LogP contribution in [0, 0.1) is 18.2 Å². The van der Waals surface area contributed by atoms with Crippen molar-refractivity contribution in [2.45, 2.75) is 20.6 Å². The number of hydrogen-bond donors (Lipinski definition) is 2. The summed E-state index contributed by atoms with van der Waals surface area (Å²) in [6.45, 7) is 3.99. The second-order valence-corrected chi connectivity index (χ2v) is 11.9. The minimum absolute atomic E-state index is 0.434. The van der Waals surface area contributed by atoms with Gasteiger partial charge in [0.2, 0.25) is 15.7 Å². The Morgan fingerprint density at radius 2 is 1.78 bits per heavy atom. The van der Waals surface area contributed by atoms with Crippen molar-refractivity contribution in [3.63, 3.8) is 0 Å². The number of sulfonamides is 1. The predicted octanol–water partition coefficient (Wildman–Crippen LogP) is 2.39. The molecular formula is C18H14Cl2F2N2O6S2. The van der Waals surface area contributed by atoms with Crippen molar-refractivity contribution in [1.29, 1.82) is 0 Å². The summed E-state index contributed by atoms with van der Waals surface area (Å²) in [6, 6.07) is 3.84. The molecule has 32 heavy (non-hydrogen) atoms. The van der Waals surface area contributed by atoms with E-state index in [4.69, 9.17) is 29.8 Å². The van der Waals surface area contributed by atoms with E-state index in [9.17, 15) is 35.8 Å². The van der Waals surface area contributed by atoms with E-state index < -0.39 is 87.6 Å². The molecular weight excluding hydrogens is 513 g/mol. The van der Waals surface area contributed by atoms with Crippen LogP contribution < -0.4 is 0 Å². The Morgan fingerprint density at radius 3 is 2.34 bits per heavy atom. The van der Waals surface area contributed by atoms with Crippen LogP contribution in [0.25, 0.3) is 4.85 Å². The minimum Gasteiger partial charge on any atom is -0.393 e. The Labute approximate surface area is 192 Å². The molecule has 1 saturated heterocycles. The van der Waals surface area contributed by atoms with Crippen LogP contribution >= 0.6 is 23.2 Å². The van der Waals surface area contributed by atoms with Gasteiger partial charge in [-0.05, 0) is 18.2 Å². The fourth-order valence-corrected chi connectivity index (χ4v) is 7.61. The zero-order valence-corrected chi connectivity index (χ0v) is 19.0. The molecule has 2 aromatic rings. The first-order valence-electron chi connectivity index (χ1n) is 8.67. The Balaban J connectivity index is 2.06. The Bertz CT molecular complexity index is 1350. The first-order chi connectivity index (χ1) is 14.8. The van der Waals surface area contributed by atoms with E-state index in [1.807, 2.05) is 0 Å². The molecule has 1 heterocycles. The van der Waals surface area contributed by atoms with Gasteiger partial charge in [0.1, 0.15) is 27.4 Å². The highest BCUT2D eigenvalue weighted by Gasteiger charge is 2.55. The van der Waals surface area contributed by atoms with Crippen molar-refractivity contribution in [2.24, 2.45) is 0 Å². The third-order valence-electron chi connectivity index (χ3n) is 5.03. The van der Waals surface area contributed by atoms with Crippen LogP contribution in [-0.2, 0) is 19.9 Å². The molecule has 3 rings (SSSR count). The van der Waals surface area contributed by atoms with Gasteiger partial charge < -0.3 is 10.2 Å². The van der Waals surface area contributed by atoms with E-state index in [1.54, 1.807) is 0 Å². The van der Waals surface area contributed by atoms with Crippen molar-refractivity contribution in [2.75, 3.05) is 19.7 Å². The lowest BCUT2D eigenvalue weighted by molar-refractivity contribution is 0.00159. The van der Waals surface area contributed by atoms with Gasteiger partial charge in [-0.2, -0.15) is 4.31 Å². The summed E-state index contributed by atoms with van der Waals surface area (Å²) in [5.41, 5.74) is -2.89. The molecule has 0 aromatic heterocycles. The molecule has 0 unspecified atom stereocenters. The van der Waals surface area contributed by atoms with Crippen molar-refractivity contribution in [3.05, 3.63) is 63.4 Å². The Hall–Kier alpha value is -1.85. The summed E-state index contributed by atoms with van der Waals surface area (Å²) in [7, 11) is -9.22. The lowest BCUT2D eigenvalue weighted by atomic mass is 10.1. The molecule has 2 aromatic carbocycles. The number of sulfone groups is 1. The zero-order chi connectivity index (χ0) is 24.1. The van der Waals surface area contributed by atoms with Crippen molar-refractivity contribution in [1.82, 2.24) is 4.31 Å². The summed E-state index contributed by atoms with van der Waals surface area (Å²) >= 11 is 11.5. The van der Waals surface area contributed by atoms with Crippen molar-refractivity contribution in [3.8, 4) is 0 Å². The second-order valence-electron chi connectivity index (χ2n) is 7.01. The largest absolute Gasteiger partial charge is 0.393 e. The summed E-state index contributed by atoms with van der Waals surface area (Å²) in [4.78, 5) is 1.55. The maximum atomic E-state index is 14.0. The summed E-state index contributed by atoms with van der Waals surface area (Å²) in [5.74, 6) is -2.22. The van der Waals surface area contributed by atoms with E-state index in [0.29, 0.717) is 16.4 Å². The normalized spacial score (nSPS) is 22.1. The van der Waals surface area contributed by atoms with Crippen LogP contribution in [0.2, 0.25) is 10.0 Å². The van der Waals surface area contributed by atoms with Gasteiger partial charge >= 0.3 is 0 Å². The fraction of sp³-hybridized carbons (Fsp3) is 0.278. The molecule has 2 atom stereocenters. The average Bonchev–Trinajstić information content (AvgIpc) is 3.10. The van der Waals surface area contributed by atoms with Gasteiger partial charge in [0, 0.05) is 13.1 Å². The number of hydrogen-bond acceptors (Lipinski definition) is 6. The predicted molar refractivity (Wildman–Crippen MR) is 111 cm³/mol. The van der Waals surface area contributed by atoms with Crippen LogP contribution in [0.4, 0.5) is 14.5 Å². The summed E-state index contributed by atoms with van der Waals surface area (Å²) in [6.07, 6.45) is 0. The standard InChI is InChI=1S/C18H14Cl2F2N2O6S2/c1-23-15-3-2-10(4-14(15)22)31(27,28)17-7-24(8-18(17,26)9-25)32(29,30)16-6-13(21)11(19)5-12(16)20/h2-6,17,25-26H,7-9H2/t17-,18-/m0/s1. The molecule has 0 spiro atoms. The van der Waals surface area contributed by atoms with Crippen molar-refractivity contribution >= 4 is 48.7 Å². The molecule has 0 bridgehead atoms. The van der Waals surface area contributed by atoms with Gasteiger partial charge in [0.25, 0.3) is 0 Å². The Kier molecular flexibility index (Phi) is 6.58. The third kappa shape index (κ3) is 4.10. The molecule has 0 amide bonds. The Morgan fingerprint density at radius 1 is 1.12 bits per heavy atom. The molecule has 14 heteroatoms. The van der Waals surface area contributed by atoms with Crippen LogP contribution in [0.5, 0.6) is 0 Å². The van der Waals surface area contributed by atoms with Gasteiger partial charge in [-0.1, -0.05) is 35.3 Å². The first kappa shape index (κ1) is 24.8. The highest BCUT2D eigenvalue weighted by molar-refractivity contribution is 7.92. The SMILES string of the molecule is [C-]#[N+]c1ccc(S(=O)(=O)[C@H]2CN(S(=O)(=O)c3cc(F)c(Cl)cc3Cl)C[C@]2(O)CO)cc1F. The molecule has 2 N–H and O–H groups in total.